The number of hydrogen-bond donors (Lipinski definition) is 5. The Bertz CT molecular complexity index is 1010. The van der Waals surface area contributed by atoms with E-state index in [1.807, 2.05) is 20.8 Å². The second kappa shape index (κ2) is 29.0. The first-order chi connectivity index (χ1) is 25.4. The molecule has 0 aromatic heterocycles. The quantitative estimate of drug-likeness (QED) is 0.0401. The fourth-order valence-electron chi connectivity index (χ4n) is 5.71. The van der Waals surface area contributed by atoms with Crippen molar-refractivity contribution in [1.82, 2.24) is 0 Å². The van der Waals surface area contributed by atoms with Gasteiger partial charge in [-0.3, -0.25) is 19.2 Å². The van der Waals surface area contributed by atoms with E-state index >= 15 is 0 Å². The third-order valence-corrected chi connectivity index (χ3v) is 9.00. The molecule has 1 heterocycles. The van der Waals surface area contributed by atoms with Gasteiger partial charge < -0.3 is 54.0 Å². The van der Waals surface area contributed by atoms with E-state index in [9.17, 15) is 44.7 Å². The summed E-state index contributed by atoms with van der Waals surface area (Å²) in [5.41, 5.74) is 0. The predicted octanol–water partition coefficient (Wildman–Crippen LogP) is 3.54. The Morgan fingerprint density at radius 3 is 1.47 bits per heavy atom. The van der Waals surface area contributed by atoms with Crippen LogP contribution in [0.2, 0.25) is 0 Å². The minimum absolute atomic E-state index is 0.0109. The number of rotatable bonds is 30. The Hall–Kier alpha value is -2.40. The summed E-state index contributed by atoms with van der Waals surface area (Å²) in [6.07, 6.45) is -3.94. The van der Waals surface area contributed by atoms with Crippen LogP contribution < -0.4 is 0 Å². The standard InChI is InChI=1S/C38H68O15/c1-5-9-13-14-18-22-32(45)53-37-36(52-31(44)21-17-12-8-4)35(51-30(43)20-16-11-7-3)28(25-48-29(42)19-15-10-6-2)50-38(37)49-24-27(41)34(47)33(46)26(40)23-39/h26-28,33-41,46-47H,5-25H2,1-4H3/t26-,27+,28+,33-,34-,35+,36-,37-,38+/m0/s1. The molecule has 0 aromatic carbocycles. The van der Waals surface area contributed by atoms with Crippen molar-refractivity contribution >= 4 is 23.9 Å². The molecule has 1 fully saturated rings. The van der Waals surface area contributed by atoms with Gasteiger partial charge in [0.2, 0.25) is 0 Å². The summed E-state index contributed by atoms with van der Waals surface area (Å²) in [7, 11) is 0. The average Bonchev–Trinajstić information content (AvgIpc) is 3.14. The molecule has 1 rings (SSSR count). The Labute approximate surface area is 315 Å². The molecule has 0 bridgehead atoms. The molecule has 0 aromatic rings. The summed E-state index contributed by atoms with van der Waals surface area (Å²) in [4.78, 5) is 52.4. The summed E-state index contributed by atoms with van der Waals surface area (Å²) in [6, 6.07) is 0. The molecule has 9 atom stereocenters. The van der Waals surface area contributed by atoms with E-state index in [2.05, 4.69) is 6.92 Å². The van der Waals surface area contributed by atoms with Crippen molar-refractivity contribution < 1.29 is 73.1 Å². The van der Waals surface area contributed by atoms with E-state index in [1.54, 1.807) is 0 Å². The van der Waals surface area contributed by atoms with Gasteiger partial charge in [0.25, 0.3) is 0 Å². The first kappa shape index (κ1) is 48.6. The highest BCUT2D eigenvalue weighted by molar-refractivity contribution is 5.72. The van der Waals surface area contributed by atoms with Gasteiger partial charge in [-0.05, 0) is 25.7 Å². The van der Waals surface area contributed by atoms with E-state index in [4.69, 9.17) is 28.4 Å². The van der Waals surface area contributed by atoms with E-state index in [-0.39, 0.29) is 25.7 Å². The van der Waals surface area contributed by atoms with Crippen molar-refractivity contribution in [3.8, 4) is 0 Å². The zero-order valence-corrected chi connectivity index (χ0v) is 32.4. The maximum absolute atomic E-state index is 13.3. The molecule has 0 radical (unpaired) electrons. The van der Waals surface area contributed by atoms with Gasteiger partial charge in [0.15, 0.2) is 24.6 Å². The number of unbranched alkanes of at least 4 members (excludes halogenated alkanes) is 10. The number of aliphatic hydroxyl groups is 5. The fourth-order valence-corrected chi connectivity index (χ4v) is 5.71. The molecule has 0 unspecified atom stereocenters. The number of carbonyl (C=O) groups is 4. The molecule has 5 N–H and O–H groups in total. The first-order valence-electron chi connectivity index (χ1n) is 19.8. The van der Waals surface area contributed by atoms with Gasteiger partial charge in [0, 0.05) is 25.7 Å². The van der Waals surface area contributed by atoms with E-state index < -0.39 is 98.8 Å². The number of hydrogen-bond acceptors (Lipinski definition) is 15. The van der Waals surface area contributed by atoms with Crippen molar-refractivity contribution in [2.75, 3.05) is 19.8 Å². The highest BCUT2D eigenvalue weighted by Crippen LogP contribution is 2.31. The zero-order chi connectivity index (χ0) is 39.6. The van der Waals surface area contributed by atoms with Crippen LogP contribution in [0.3, 0.4) is 0 Å². The second-order valence-electron chi connectivity index (χ2n) is 13.8. The third-order valence-electron chi connectivity index (χ3n) is 9.00. The predicted molar refractivity (Wildman–Crippen MR) is 192 cm³/mol. The van der Waals surface area contributed by atoms with Gasteiger partial charge in [-0.2, -0.15) is 0 Å². The van der Waals surface area contributed by atoms with Crippen LogP contribution in [0.25, 0.3) is 0 Å². The molecule has 15 heteroatoms. The number of carbonyl (C=O) groups excluding carboxylic acids is 4. The SMILES string of the molecule is CCCCCCCC(=O)O[C@@H]1[C@H](OC[C@@H](O)[C@H](O)[C@@H](O)[C@@H](O)CO)O[C@H](COC(=O)CCCCC)[C@@H](OC(=O)CCCCC)[C@@H]1OC(=O)CCCCC. The van der Waals surface area contributed by atoms with Crippen molar-refractivity contribution in [2.45, 2.75) is 198 Å². The normalized spacial score (nSPS) is 22.3. The van der Waals surface area contributed by atoms with Gasteiger partial charge in [0.1, 0.15) is 37.1 Å². The summed E-state index contributed by atoms with van der Waals surface area (Å²) in [6.45, 7) is 5.91. The minimum Gasteiger partial charge on any atom is -0.463 e. The number of aliphatic hydroxyl groups excluding tert-OH is 5. The Morgan fingerprint density at radius 2 is 0.962 bits per heavy atom. The lowest BCUT2D eigenvalue weighted by atomic mass is 9.97. The Morgan fingerprint density at radius 1 is 0.547 bits per heavy atom. The molecular weight excluding hydrogens is 696 g/mol. The molecular formula is C38H68O15. The lowest BCUT2D eigenvalue weighted by molar-refractivity contribution is -0.313. The molecule has 15 nitrogen and oxygen atoms in total. The Kier molecular flexibility index (Phi) is 26.6. The largest absolute Gasteiger partial charge is 0.463 e. The van der Waals surface area contributed by atoms with Crippen molar-refractivity contribution in [1.29, 1.82) is 0 Å². The first-order valence-corrected chi connectivity index (χ1v) is 19.8. The molecule has 0 saturated carbocycles. The van der Waals surface area contributed by atoms with Crippen molar-refractivity contribution in [3.05, 3.63) is 0 Å². The Balaban J connectivity index is 3.56. The maximum atomic E-state index is 13.3. The van der Waals surface area contributed by atoms with E-state index in [1.165, 1.54) is 0 Å². The number of ether oxygens (including phenoxy) is 6. The smallest absolute Gasteiger partial charge is 0.306 e. The second-order valence-corrected chi connectivity index (χ2v) is 13.8. The van der Waals surface area contributed by atoms with Crippen LogP contribution in [0.4, 0.5) is 0 Å². The monoisotopic (exact) mass is 764 g/mol. The van der Waals surface area contributed by atoms with Crippen LogP contribution in [0.15, 0.2) is 0 Å². The highest BCUT2D eigenvalue weighted by atomic mass is 16.7. The maximum Gasteiger partial charge on any atom is 0.306 e. The van der Waals surface area contributed by atoms with Crippen LogP contribution in [-0.2, 0) is 47.6 Å². The summed E-state index contributed by atoms with van der Waals surface area (Å²) in [5.74, 6) is -2.50. The van der Waals surface area contributed by atoms with Gasteiger partial charge in [0.05, 0.1) is 13.2 Å². The van der Waals surface area contributed by atoms with Crippen LogP contribution in [0, 0.1) is 0 Å². The van der Waals surface area contributed by atoms with Gasteiger partial charge in [-0.25, -0.2) is 0 Å². The third kappa shape index (κ3) is 19.7. The lowest BCUT2D eigenvalue weighted by Gasteiger charge is -2.44. The molecule has 53 heavy (non-hydrogen) atoms. The highest BCUT2D eigenvalue weighted by Gasteiger charge is 2.53. The number of esters is 4. The van der Waals surface area contributed by atoms with Crippen LogP contribution in [0.1, 0.15) is 143 Å². The van der Waals surface area contributed by atoms with Crippen LogP contribution >= 0.6 is 0 Å². The molecule has 310 valence electrons. The van der Waals surface area contributed by atoms with Gasteiger partial charge in [-0.15, -0.1) is 0 Å². The van der Waals surface area contributed by atoms with Gasteiger partial charge in [-0.1, -0.05) is 91.9 Å². The fraction of sp³-hybridized carbons (Fsp3) is 0.895. The molecule has 1 aliphatic heterocycles. The minimum atomic E-state index is -1.98. The topological polar surface area (TPSA) is 225 Å². The molecule has 0 aliphatic carbocycles. The van der Waals surface area contributed by atoms with Gasteiger partial charge >= 0.3 is 23.9 Å². The van der Waals surface area contributed by atoms with Crippen molar-refractivity contribution in [2.24, 2.45) is 0 Å². The zero-order valence-electron chi connectivity index (χ0n) is 32.4. The summed E-state index contributed by atoms with van der Waals surface area (Å²) >= 11 is 0. The van der Waals surface area contributed by atoms with E-state index in [0.29, 0.717) is 25.7 Å². The molecule has 0 amide bonds. The van der Waals surface area contributed by atoms with Crippen molar-refractivity contribution in [3.63, 3.8) is 0 Å². The average molecular weight is 765 g/mol. The van der Waals surface area contributed by atoms with E-state index in [0.717, 1.165) is 64.2 Å². The molecule has 1 aliphatic rings. The van der Waals surface area contributed by atoms with Crippen LogP contribution in [-0.4, -0.2) is 124 Å². The molecule has 0 spiro atoms. The molecule has 1 saturated heterocycles. The lowest BCUT2D eigenvalue weighted by Crippen LogP contribution is -2.63. The summed E-state index contributed by atoms with van der Waals surface area (Å²) < 4.78 is 35.2. The summed E-state index contributed by atoms with van der Waals surface area (Å²) in [5, 5.41) is 50.1. The van der Waals surface area contributed by atoms with Crippen LogP contribution in [0.5, 0.6) is 0 Å².